The van der Waals surface area contributed by atoms with Gasteiger partial charge in [0.15, 0.2) is 0 Å². The van der Waals surface area contributed by atoms with Gasteiger partial charge in [-0.15, -0.1) is 0 Å². The highest BCUT2D eigenvalue weighted by Gasteiger charge is 2.28. The van der Waals surface area contributed by atoms with Crippen LogP contribution in [0.1, 0.15) is 45.1 Å². The maximum absolute atomic E-state index is 12.4. The Hall–Kier alpha value is -2.40. The number of para-hydroxylation sites is 1. The molecule has 152 valence electrons. The van der Waals surface area contributed by atoms with E-state index in [1.165, 1.54) is 20.7 Å². The van der Waals surface area contributed by atoms with E-state index in [4.69, 9.17) is 4.74 Å². The Labute approximate surface area is 176 Å². The molecule has 1 aliphatic rings. The summed E-state index contributed by atoms with van der Waals surface area (Å²) in [5, 5.41) is 1.26. The molecule has 1 fully saturated rings. The van der Waals surface area contributed by atoms with E-state index in [2.05, 4.69) is 59.7 Å². The van der Waals surface area contributed by atoms with Gasteiger partial charge in [-0.25, -0.2) is 4.79 Å². The smallest absolute Gasteiger partial charge is 0.410 e. The number of benzene rings is 2. The first-order valence-electron chi connectivity index (χ1n) is 10.2. The summed E-state index contributed by atoms with van der Waals surface area (Å²) in [7, 11) is 0. The quantitative estimate of drug-likeness (QED) is 0.543. The summed E-state index contributed by atoms with van der Waals surface area (Å²) in [5.74, 6) is 0.461. The summed E-state index contributed by atoms with van der Waals surface area (Å²) in [6.07, 6.45) is 3.82. The first kappa shape index (κ1) is 19.9. The number of hydrogen-bond donors (Lipinski definition) is 1. The zero-order valence-corrected chi connectivity index (χ0v) is 18.1. The summed E-state index contributed by atoms with van der Waals surface area (Å²) in [6.45, 7) is 7.22. The lowest BCUT2D eigenvalue weighted by Gasteiger charge is -2.34. The van der Waals surface area contributed by atoms with Crippen molar-refractivity contribution in [1.82, 2.24) is 9.88 Å². The number of hydrogen-bond acceptors (Lipinski definition) is 3. The lowest BCUT2D eigenvalue weighted by atomic mass is 9.89. The fourth-order valence-corrected chi connectivity index (χ4v) is 5.00. The molecule has 0 aliphatic carbocycles. The molecule has 0 saturated carbocycles. The van der Waals surface area contributed by atoms with Crippen LogP contribution in [-0.2, 0) is 4.74 Å². The number of H-pyrrole nitrogens is 1. The van der Waals surface area contributed by atoms with Crippen LogP contribution >= 0.6 is 11.8 Å². The molecular formula is C24H28N2O2S. The molecule has 0 radical (unpaired) electrons. The van der Waals surface area contributed by atoms with Crippen molar-refractivity contribution < 1.29 is 9.53 Å². The molecule has 4 nitrogen and oxygen atoms in total. The van der Waals surface area contributed by atoms with Crippen LogP contribution in [0.4, 0.5) is 4.79 Å². The van der Waals surface area contributed by atoms with Gasteiger partial charge in [-0.1, -0.05) is 48.2 Å². The Morgan fingerprint density at radius 1 is 1.03 bits per heavy atom. The summed E-state index contributed by atoms with van der Waals surface area (Å²) >= 11 is 1.82. The molecule has 1 aromatic heterocycles. The van der Waals surface area contributed by atoms with E-state index >= 15 is 0 Å². The normalized spacial score (nSPS) is 15.6. The molecule has 0 atom stereocenters. The lowest BCUT2D eigenvalue weighted by Crippen LogP contribution is -2.41. The Kier molecular flexibility index (Phi) is 5.59. The van der Waals surface area contributed by atoms with Crippen molar-refractivity contribution in [2.75, 3.05) is 13.1 Å². The van der Waals surface area contributed by atoms with Crippen LogP contribution in [0.3, 0.4) is 0 Å². The lowest BCUT2D eigenvalue weighted by molar-refractivity contribution is 0.0204. The molecule has 1 amide bonds. The van der Waals surface area contributed by atoms with Crippen molar-refractivity contribution in [3.63, 3.8) is 0 Å². The average molecular weight is 409 g/mol. The third kappa shape index (κ3) is 4.61. The third-order valence-corrected chi connectivity index (χ3v) is 6.43. The minimum Gasteiger partial charge on any atom is -0.444 e. The second kappa shape index (κ2) is 8.15. The number of piperidine rings is 1. The molecule has 4 rings (SSSR count). The molecule has 2 aromatic carbocycles. The Balaban J connectivity index is 1.47. The highest BCUT2D eigenvalue weighted by Crippen LogP contribution is 2.40. The van der Waals surface area contributed by atoms with Crippen molar-refractivity contribution in [3.8, 4) is 0 Å². The van der Waals surface area contributed by atoms with Gasteiger partial charge in [0.05, 0.1) is 0 Å². The molecule has 0 unspecified atom stereocenters. The number of aromatic nitrogens is 1. The maximum Gasteiger partial charge on any atom is 0.410 e. The van der Waals surface area contributed by atoms with E-state index in [9.17, 15) is 4.79 Å². The standard InChI is InChI=1S/C24H28N2O2S/c1-24(2,3)28-23(27)26-14-12-17(13-15-26)18-8-5-7-11-21(18)29-22-16-25-20-10-6-4-9-19(20)22/h4-11,16-17,25H,12-15H2,1-3H3. The highest BCUT2D eigenvalue weighted by atomic mass is 32.2. The first-order chi connectivity index (χ1) is 13.9. The van der Waals surface area contributed by atoms with E-state index in [0.717, 1.165) is 31.4 Å². The number of carbonyl (C=O) groups is 1. The van der Waals surface area contributed by atoms with Gasteiger partial charge in [-0.2, -0.15) is 0 Å². The summed E-state index contributed by atoms with van der Waals surface area (Å²) < 4.78 is 5.53. The molecule has 3 aromatic rings. The summed E-state index contributed by atoms with van der Waals surface area (Å²) in [4.78, 5) is 20.1. The topological polar surface area (TPSA) is 45.3 Å². The Morgan fingerprint density at radius 3 is 2.48 bits per heavy atom. The number of nitrogens with zero attached hydrogens (tertiary/aromatic N) is 1. The summed E-state index contributed by atoms with van der Waals surface area (Å²) in [6, 6.07) is 17.1. The van der Waals surface area contributed by atoms with Crippen molar-refractivity contribution in [2.24, 2.45) is 0 Å². The van der Waals surface area contributed by atoms with Gasteiger partial charge in [-0.3, -0.25) is 0 Å². The summed E-state index contributed by atoms with van der Waals surface area (Å²) in [5.41, 5.74) is 2.10. The number of likely N-dealkylation sites (tertiary alicyclic amines) is 1. The zero-order chi connectivity index (χ0) is 20.4. The van der Waals surface area contributed by atoms with Crippen molar-refractivity contribution in [1.29, 1.82) is 0 Å². The number of rotatable bonds is 3. The monoisotopic (exact) mass is 408 g/mol. The first-order valence-corrected chi connectivity index (χ1v) is 11.0. The SMILES string of the molecule is CC(C)(C)OC(=O)N1CCC(c2ccccc2Sc2c[nH]c3ccccc23)CC1. The average Bonchev–Trinajstić information content (AvgIpc) is 3.10. The van der Waals surface area contributed by atoms with Crippen LogP contribution < -0.4 is 0 Å². The molecule has 29 heavy (non-hydrogen) atoms. The van der Waals surface area contributed by atoms with Crippen LogP contribution in [0, 0.1) is 0 Å². The molecule has 5 heteroatoms. The number of amides is 1. The molecule has 1 aliphatic heterocycles. The van der Waals surface area contributed by atoms with Crippen LogP contribution in [0.2, 0.25) is 0 Å². The van der Waals surface area contributed by atoms with Crippen molar-refractivity contribution in [2.45, 2.75) is 54.9 Å². The Bertz CT molecular complexity index is 997. The van der Waals surface area contributed by atoms with Gasteiger partial charge in [0, 0.05) is 40.0 Å². The van der Waals surface area contributed by atoms with Gasteiger partial charge in [-0.05, 0) is 57.2 Å². The van der Waals surface area contributed by atoms with E-state index in [0.29, 0.717) is 5.92 Å². The van der Waals surface area contributed by atoms with E-state index in [-0.39, 0.29) is 6.09 Å². The van der Waals surface area contributed by atoms with Crippen LogP contribution in [0.15, 0.2) is 64.5 Å². The fraction of sp³-hybridized carbons (Fsp3) is 0.375. The second-order valence-corrected chi connectivity index (χ2v) is 9.66. The van der Waals surface area contributed by atoms with Crippen molar-refractivity contribution in [3.05, 3.63) is 60.3 Å². The van der Waals surface area contributed by atoms with Gasteiger partial charge >= 0.3 is 6.09 Å². The Morgan fingerprint density at radius 2 is 1.72 bits per heavy atom. The third-order valence-electron chi connectivity index (χ3n) is 5.28. The van der Waals surface area contributed by atoms with E-state index < -0.39 is 5.60 Å². The zero-order valence-electron chi connectivity index (χ0n) is 17.3. The molecule has 1 N–H and O–H groups in total. The van der Waals surface area contributed by atoms with Crippen LogP contribution in [-0.4, -0.2) is 34.7 Å². The number of nitrogens with one attached hydrogen (secondary N) is 1. The molecule has 1 saturated heterocycles. The maximum atomic E-state index is 12.4. The number of fused-ring (bicyclic) bond motifs is 1. The predicted molar refractivity (Wildman–Crippen MR) is 119 cm³/mol. The van der Waals surface area contributed by atoms with Gasteiger partial charge in [0.25, 0.3) is 0 Å². The molecule has 2 heterocycles. The number of carbonyl (C=O) groups excluding carboxylic acids is 1. The van der Waals surface area contributed by atoms with Crippen LogP contribution in [0.5, 0.6) is 0 Å². The van der Waals surface area contributed by atoms with Gasteiger partial charge in [0.2, 0.25) is 0 Å². The largest absolute Gasteiger partial charge is 0.444 e. The molecule has 0 spiro atoms. The fourth-order valence-electron chi connectivity index (χ4n) is 3.86. The van der Waals surface area contributed by atoms with Crippen molar-refractivity contribution >= 4 is 28.8 Å². The minimum absolute atomic E-state index is 0.197. The second-order valence-electron chi connectivity index (χ2n) is 8.58. The highest BCUT2D eigenvalue weighted by molar-refractivity contribution is 7.99. The predicted octanol–water partition coefficient (Wildman–Crippen LogP) is 6.43. The van der Waals surface area contributed by atoms with E-state index in [1.807, 2.05) is 37.4 Å². The number of ether oxygens (including phenoxy) is 1. The van der Waals surface area contributed by atoms with Gasteiger partial charge in [0.1, 0.15) is 5.60 Å². The molecule has 0 bridgehead atoms. The van der Waals surface area contributed by atoms with Gasteiger partial charge < -0.3 is 14.6 Å². The number of aromatic amines is 1. The molecular weight excluding hydrogens is 380 g/mol. The van der Waals surface area contributed by atoms with E-state index in [1.54, 1.807) is 0 Å². The minimum atomic E-state index is -0.448. The van der Waals surface area contributed by atoms with Crippen LogP contribution in [0.25, 0.3) is 10.9 Å².